The third-order valence-electron chi connectivity index (χ3n) is 3.23. The van der Waals surface area contributed by atoms with Crippen molar-refractivity contribution < 1.29 is 20.0 Å². The number of benzene rings is 2. The van der Waals surface area contributed by atoms with Gasteiger partial charge in [0.15, 0.2) is 6.54 Å². The Morgan fingerprint density at radius 2 is 2.00 bits per heavy atom. The zero-order valence-electron chi connectivity index (χ0n) is 11.6. The number of methoxy groups -OCH3 is 1. The molecular weight excluding hydrogens is 334 g/mol. The van der Waals surface area contributed by atoms with Crippen molar-refractivity contribution in [1.82, 2.24) is 0 Å². The first-order chi connectivity index (χ1) is 10.1. The van der Waals surface area contributed by atoms with Crippen LogP contribution >= 0.6 is 15.9 Å². The number of halogens is 1. The fraction of sp³-hybridized carbons (Fsp3) is 0.188. The minimum Gasteiger partial charge on any atom is -0.507 e. The van der Waals surface area contributed by atoms with Crippen LogP contribution in [0.15, 0.2) is 53.0 Å². The summed E-state index contributed by atoms with van der Waals surface area (Å²) in [7, 11) is 1.37. The minimum atomic E-state index is -0.301. The molecule has 3 N–H and O–H groups in total. The smallest absolute Gasteiger partial charge is 0.361 e. The third-order valence-corrected chi connectivity index (χ3v) is 3.72. The van der Waals surface area contributed by atoms with Crippen LogP contribution in [-0.4, -0.2) is 24.7 Å². The van der Waals surface area contributed by atoms with E-state index in [1.807, 2.05) is 41.7 Å². The molecule has 110 valence electrons. The van der Waals surface area contributed by atoms with Gasteiger partial charge >= 0.3 is 5.97 Å². The van der Waals surface area contributed by atoms with Gasteiger partial charge in [0.2, 0.25) is 0 Å². The van der Waals surface area contributed by atoms with Gasteiger partial charge in [0.05, 0.1) is 12.7 Å². The molecule has 0 aromatic heterocycles. The molecule has 0 saturated carbocycles. The van der Waals surface area contributed by atoms with Gasteiger partial charge in [-0.1, -0.05) is 46.3 Å². The van der Waals surface area contributed by atoms with Crippen LogP contribution in [0.3, 0.4) is 0 Å². The van der Waals surface area contributed by atoms with Crippen molar-refractivity contribution in [3.8, 4) is 5.75 Å². The standard InChI is InChI=1S/C16H16BrNO3/c1-21-15(20)10-18-16(11-5-3-2-4-6-11)13-9-12(17)7-8-14(13)19/h2-9,16,18-19H,10H2,1H3/p+1/t16-/m1/s1. The van der Waals surface area contributed by atoms with Crippen molar-refractivity contribution in [1.29, 1.82) is 0 Å². The Hall–Kier alpha value is -1.85. The average molecular weight is 351 g/mol. The topological polar surface area (TPSA) is 63.1 Å². The first kappa shape index (κ1) is 15.5. The number of ether oxygens (including phenoxy) is 1. The highest BCUT2D eigenvalue weighted by Gasteiger charge is 2.22. The van der Waals surface area contributed by atoms with E-state index in [1.54, 1.807) is 12.1 Å². The van der Waals surface area contributed by atoms with E-state index in [-0.39, 0.29) is 24.3 Å². The Kier molecular flexibility index (Phi) is 5.36. The highest BCUT2D eigenvalue weighted by atomic mass is 79.9. The van der Waals surface area contributed by atoms with Crippen LogP contribution in [0, 0.1) is 0 Å². The van der Waals surface area contributed by atoms with Crippen molar-refractivity contribution in [2.45, 2.75) is 6.04 Å². The summed E-state index contributed by atoms with van der Waals surface area (Å²) in [5, 5.41) is 12.0. The van der Waals surface area contributed by atoms with Crippen LogP contribution in [0.2, 0.25) is 0 Å². The number of aromatic hydroxyl groups is 1. The Balaban J connectivity index is 2.35. The minimum absolute atomic E-state index is 0.178. The van der Waals surface area contributed by atoms with Gasteiger partial charge in [0.1, 0.15) is 11.8 Å². The largest absolute Gasteiger partial charge is 0.507 e. The highest BCUT2D eigenvalue weighted by Crippen LogP contribution is 2.29. The van der Waals surface area contributed by atoms with Gasteiger partial charge in [-0.15, -0.1) is 0 Å². The second-order valence-corrected chi connectivity index (χ2v) is 5.52. The first-order valence-electron chi connectivity index (χ1n) is 6.55. The lowest BCUT2D eigenvalue weighted by Crippen LogP contribution is -2.87. The molecule has 2 aromatic rings. The molecule has 5 heteroatoms. The summed E-state index contributed by atoms with van der Waals surface area (Å²) < 4.78 is 5.56. The number of rotatable bonds is 5. The molecule has 0 aliphatic rings. The van der Waals surface area contributed by atoms with Crippen molar-refractivity contribution in [3.63, 3.8) is 0 Å². The number of phenols is 1. The second kappa shape index (κ2) is 7.24. The Morgan fingerprint density at radius 1 is 1.29 bits per heavy atom. The fourth-order valence-corrected chi connectivity index (χ4v) is 2.55. The molecule has 0 bridgehead atoms. The Labute approximate surface area is 131 Å². The number of hydrogen-bond donors (Lipinski definition) is 2. The van der Waals surface area contributed by atoms with E-state index in [1.165, 1.54) is 7.11 Å². The van der Waals surface area contributed by atoms with Crippen molar-refractivity contribution in [2.75, 3.05) is 13.7 Å². The van der Waals surface area contributed by atoms with Gasteiger partial charge < -0.3 is 15.2 Å². The summed E-state index contributed by atoms with van der Waals surface area (Å²) in [5.74, 6) is -0.0985. The molecule has 2 aromatic carbocycles. The van der Waals surface area contributed by atoms with Gasteiger partial charge in [-0.25, -0.2) is 4.79 Å². The summed E-state index contributed by atoms with van der Waals surface area (Å²) in [6, 6.07) is 14.8. The highest BCUT2D eigenvalue weighted by molar-refractivity contribution is 9.10. The first-order valence-corrected chi connectivity index (χ1v) is 7.34. The summed E-state index contributed by atoms with van der Waals surface area (Å²) in [5.41, 5.74) is 1.76. The SMILES string of the molecule is COC(=O)C[NH2+][C@H](c1ccccc1)c1cc(Br)ccc1O. The van der Waals surface area contributed by atoms with E-state index in [0.29, 0.717) is 0 Å². The predicted molar refractivity (Wildman–Crippen MR) is 82.9 cm³/mol. The van der Waals surface area contributed by atoms with Crippen LogP contribution in [0.5, 0.6) is 5.75 Å². The second-order valence-electron chi connectivity index (χ2n) is 4.61. The van der Waals surface area contributed by atoms with Crippen LogP contribution in [0.1, 0.15) is 17.2 Å². The molecular formula is C16H17BrNO3+. The van der Waals surface area contributed by atoms with Gasteiger partial charge in [-0.3, -0.25) is 0 Å². The van der Waals surface area contributed by atoms with Crippen LogP contribution in [0.25, 0.3) is 0 Å². The molecule has 0 aliphatic heterocycles. The van der Waals surface area contributed by atoms with E-state index in [9.17, 15) is 9.90 Å². The van der Waals surface area contributed by atoms with Crippen molar-refractivity contribution in [3.05, 3.63) is 64.1 Å². The lowest BCUT2D eigenvalue weighted by atomic mass is 9.98. The van der Waals surface area contributed by atoms with Gasteiger partial charge in [-0.05, 0) is 18.2 Å². The van der Waals surface area contributed by atoms with E-state index >= 15 is 0 Å². The number of carbonyl (C=O) groups is 1. The number of hydrogen-bond acceptors (Lipinski definition) is 3. The maximum Gasteiger partial charge on any atom is 0.361 e. The molecule has 0 aliphatic carbocycles. The summed E-state index contributed by atoms with van der Waals surface area (Å²) in [4.78, 5) is 11.4. The fourth-order valence-electron chi connectivity index (χ4n) is 2.17. The molecule has 0 radical (unpaired) electrons. The molecule has 0 spiro atoms. The summed E-state index contributed by atoms with van der Waals surface area (Å²) in [6.45, 7) is 0.183. The maximum atomic E-state index is 11.4. The molecule has 2 rings (SSSR count). The van der Waals surface area contributed by atoms with Gasteiger partial charge in [0.25, 0.3) is 0 Å². The number of phenolic OH excluding ortho intramolecular Hbond substituents is 1. The van der Waals surface area contributed by atoms with E-state index < -0.39 is 0 Å². The normalized spacial score (nSPS) is 11.9. The van der Waals surface area contributed by atoms with E-state index in [2.05, 4.69) is 20.7 Å². The van der Waals surface area contributed by atoms with Crippen molar-refractivity contribution >= 4 is 21.9 Å². The summed E-state index contributed by atoms with van der Waals surface area (Å²) >= 11 is 3.41. The molecule has 0 amide bonds. The molecule has 0 unspecified atom stereocenters. The lowest BCUT2D eigenvalue weighted by Gasteiger charge is -2.17. The number of esters is 1. The quantitative estimate of drug-likeness (QED) is 0.810. The molecule has 0 saturated heterocycles. The predicted octanol–water partition coefficient (Wildman–Crippen LogP) is 1.98. The van der Waals surface area contributed by atoms with E-state index in [4.69, 9.17) is 0 Å². The monoisotopic (exact) mass is 350 g/mol. The van der Waals surface area contributed by atoms with Crippen molar-refractivity contribution in [2.24, 2.45) is 0 Å². The lowest BCUT2D eigenvalue weighted by molar-refractivity contribution is -0.678. The molecule has 0 heterocycles. The number of quaternary nitrogens is 1. The number of carbonyl (C=O) groups excluding carboxylic acids is 1. The van der Waals surface area contributed by atoms with E-state index in [0.717, 1.165) is 15.6 Å². The average Bonchev–Trinajstić information content (AvgIpc) is 2.51. The number of nitrogens with two attached hydrogens (primary N) is 1. The molecule has 21 heavy (non-hydrogen) atoms. The third kappa shape index (κ3) is 4.06. The van der Waals surface area contributed by atoms with Crippen LogP contribution < -0.4 is 5.32 Å². The Morgan fingerprint density at radius 3 is 2.67 bits per heavy atom. The van der Waals surface area contributed by atoms with Gasteiger partial charge in [-0.2, -0.15) is 0 Å². The maximum absolute atomic E-state index is 11.4. The zero-order chi connectivity index (χ0) is 15.2. The Bertz CT molecular complexity index is 616. The summed E-state index contributed by atoms with van der Waals surface area (Å²) in [6.07, 6.45) is 0. The molecule has 4 nitrogen and oxygen atoms in total. The molecule has 1 atom stereocenters. The van der Waals surface area contributed by atoms with Crippen LogP contribution in [-0.2, 0) is 9.53 Å². The zero-order valence-corrected chi connectivity index (χ0v) is 13.2. The van der Waals surface area contributed by atoms with Gasteiger partial charge in [0, 0.05) is 10.0 Å². The molecule has 0 fully saturated rings. The van der Waals surface area contributed by atoms with Crippen LogP contribution in [0.4, 0.5) is 0 Å².